The van der Waals surface area contributed by atoms with E-state index in [1.807, 2.05) is 0 Å². The summed E-state index contributed by atoms with van der Waals surface area (Å²) in [6.45, 7) is 0. The van der Waals surface area contributed by atoms with Gasteiger partial charge in [0.25, 0.3) is 0 Å². The van der Waals surface area contributed by atoms with Crippen molar-refractivity contribution in [2.45, 2.75) is 10.6 Å². The average molecular weight is 361 g/mol. The first kappa shape index (κ1) is 14.4. The number of halogens is 2. The highest BCUT2D eigenvalue weighted by molar-refractivity contribution is 9.10. The van der Waals surface area contributed by atoms with Crippen LogP contribution in [0.3, 0.4) is 0 Å². The van der Waals surface area contributed by atoms with Gasteiger partial charge in [0.05, 0.1) is 10.6 Å². The molecular weight excluding hydrogens is 350 g/mol. The Morgan fingerprint density at radius 2 is 1.84 bits per heavy atom. The lowest BCUT2D eigenvalue weighted by Gasteiger charge is -2.09. The van der Waals surface area contributed by atoms with Gasteiger partial charge in [-0.1, -0.05) is 39.7 Å². The molecule has 19 heavy (non-hydrogen) atoms. The molecule has 0 saturated heterocycles. The van der Waals surface area contributed by atoms with Gasteiger partial charge in [-0.15, -0.1) is 0 Å². The van der Waals surface area contributed by atoms with Gasteiger partial charge < -0.3 is 5.73 Å². The van der Waals surface area contributed by atoms with Gasteiger partial charge in [-0.3, -0.25) is 0 Å². The van der Waals surface area contributed by atoms with Crippen LogP contribution in [0.4, 0.5) is 5.69 Å². The summed E-state index contributed by atoms with van der Waals surface area (Å²) in [5.74, 6) is -0.166. The van der Waals surface area contributed by atoms with E-state index in [9.17, 15) is 8.42 Å². The molecule has 2 aromatic rings. The zero-order valence-electron chi connectivity index (χ0n) is 9.81. The topological polar surface area (TPSA) is 60.2 Å². The normalized spacial score (nSPS) is 11.5. The van der Waals surface area contributed by atoms with E-state index in [-0.39, 0.29) is 10.6 Å². The molecule has 0 aliphatic carbocycles. The van der Waals surface area contributed by atoms with E-state index in [0.717, 1.165) is 0 Å². The first-order valence-corrected chi connectivity index (χ1v) is 8.23. The number of benzene rings is 2. The van der Waals surface area contributed by atoms with Crippen LogP contribution in [0, 0.1) is 0 Å². The largest absolute Gasteiger partial charge is 0.398 e. The molecule has 0 amide bonds. The molecule has 0 aromatic heterocycles. The van der Waals surface area contributed by atoms with E-state index in [4.69, 9.17) is 17.3 Å². The summed E-state index contributed by atoms with van der Waals surface area (Å²) < 4.78 is 25.3. The van der Waals surface area contributed by atoms with Crippen LogP contribution in [0.25, 0.3) is 0 Å². The molecule has 0 saturated carbocycles. The van der Waals surface area contributed by atoms with Crippen molar-refractivity contribution in [3.63, 3.8) is 0 Å². The third kappa shape index (κ3) is 3.29. The van der Waals surface area contributed by atoms with E-state index in [1.54, 1.807) is 30.3 Å². The number of nitrogen functional groups attached to an aromatic ring is 1. The van der Waals surface area contributed by atoms with Crippen molar-refractivity contribution >= 4 is 43.1 Å². The predicted molar refractivity (Wildman–Crippen MR) is 80.9 cm³/mol. The van der Waals surface area contributed by atoms with Crippen LogP contribution in [-0.2, 0) is 15.6 Å². The third-order valence-electron chi connectivity index (χ3n) is 2.64. The fourth-order valence-electron chi connectivity index (χ4n) is 1.66. The molecule has 0 spiro atoms. The summed E-state index contributed by atoms with van der Waals surface area (Å²) in [4.78, 5) is 0.190. The molecule has 2 aromatic carbocycles. The molecule has 3 nitrogen and oxygen atoms in total. The maximum Gasteiger partial charge on any atom is 0.182 e. The minimum Gasteiger partial charge on any atom is -0.398 e. The predicted octanol–water partition coefficient (Wildman–Crippen LogP) is 3.66. The lowest BCUT2D eigenvalue weighted by Crippen LogP contribution is -2.07. The van der Waals surface area contributed by atoms with Crippen LogP contribution >= 0.6 is 27.5 Å². The van der Waals surface area contributed by atoms with E-state index in [2.05, 4.69) is 15.9 Å². The SMILES string of the molecule is Nc1cccc(Br)c1CS(=O)(=O)c1cccc(Cl)c1. The molecule has 0 heterocycles. The third-order valence-corrected chi connectivity index (χ3v) is 5.26. The zero-order chi connectivity index (χ0) is 14.0. The Labute approximate surface area is 125 Å². The van der Waals surface area contributed by atoms with E-state index < -0.39 is 9.84 Å². The number of rotatable bonds is 3. The van der Waals surface area contributed by atoms with E-state index in [0.29, 0.717) is 20.7 Å². The molecule has 0 fully saturated rings. The molecule has 6 heteroatoms. The number of sulfone groups is 1. The van der Waals surface area contributed by atoms with Gasteiger partial charge in [-0.25, -0.2) is 8.42 Å². The molecule has 100 valence electrons. The van der Waals surface area contributed by atoms with Crippen LogP contribution in [0.15, 0.2) is 51.8 Å². The summed E-state index contributed by atoms with van der Waals surface area (Å²) in [7, 11) is -3.48. The second-order valence-corrected chi connectivity index (χ2v) is 7.30. The van der Waals surface area contributed by atoms with Crippen molar-refractivity contribution in [2.75, 3.05) is 5.73 Å². The van der Waals surface area contributed by atoms with Crippen LogP contribution in [0.5, 0.6) is 0 Å². The highest BCUT2D eigenvalue weighted by atomic mass is 79.9. The van der Waals surface area contributed by atoms with Gasteiger partial charge in [0.2, 0.25) is 0 Å². The first-order chi connectivity index (χ1) is 8.90. The smallest absolute Gasteiger partial charge is 0.182 e. The zero-order valence-corrected chi connectivity index (χ0v) is 13.0. The average Bonchev–Trinajstić information content (AvgIpc) is 2.34. The quantitative estimate of drug-likeness (QED) is 0.850. The second-order valence-electron chi connectivity index (χ2n) is 4.02. The fraction of sp³-hybridized carbons (Fsp3) is 0.0769. The number of nitrogens with two attached hydrogens (primary N) is 1. The lowest BCUT2D eigenvalue weighted by atomic mass is 10.2. The molecule has 2 N–H and O–H groups in total. The first-order valence-electron chi connectivity index (χ1n) is 5.41. The van der Waals surface area contributed by atoms with Crippen molar-refractivity contribution in [1.82, 2.24) is 0 Å². The summed E-state index contributed by atoms with van der Waals surface area (Å²) >= 11 is 9.13. The van der Waals surface area contributed by atoms with E-state index >= 15 is 0 Å². The van der Waals surface area contributed by atoms with Crippen molar-refractivity contribution < 1.29 is 8.42 Å². The number of hydrogen-bond acceptors (Lipinski definition) is 3. The molecule has 0 unspecified atom stereocenters. The van der Waals surface area contributed by atoms with Crippen LogP contribution in [-0.4, -0.2) is 8.42 Å². The Bertz CT molecular complexity index is 696. The van der Waals surface area contributed by atoms with Gasteiger partial charge in [0, 0.05) is 20.7 Å². The van der Waals surface area contributed by atoms with Gasteiger partial charge in [0.1, 0.15) is 0 Å². The second kappa shape index (κ2) is 5.53. The highest BCUT2D eigenvalue weighted by Crippen LogP contribution is 2.27. The van der Waals surface area contributed by atoms with E-state index in [1.165, 1.54) is 12.1 Å². The van der Waals surface area contributed by atoms with Crippen LogP contribution in [0.1, 0.15) is 5.56 Å². The summed E-state index contributed by atoms with van der Waals surface area (Å²) in [5.41, 5.74) is 6.82. The maximum absolute atomic E-state index is 12.3. The van der Waals surface area contributed by atoms with Crippen LogP contribution < -0.4 is 5.73 Å². The van der Waals surface area contributed by atoms with Gasteiger partial charge in [0.15, 0.2) is 9.84 Å². The molecular formula is C13H11BrClNO2S. The molecule has 0 aliphatic rings. The Morgan fingerprint density at radius 1 is 1.16 bits per heavy atom. The number of hydrogen-bond donors (Lipinski definition) is 1. The molecule has 0 bridgehead atoms. The van der Waals surface area contributed by atoms with Gasteiger partial charge in [-0.05, 0) is 30.3 Å². The highest BCUT2D eigenvalue weighted by Gasteiger charge is 2.18. The van der Waals surface area contributed by atoms with Gasteiger partial charge >= 0.3 is 0 Å². The summed E-state index contributed by atoms with van der Waals surface area (Å²) in [6.07, 6.45) is 0. The minimum atomic E-state index is -3.48. The lowest BCUT2D eigenvalue weighted by molar-refractivity contribution is 0.595. The van der Waals surface area contributed by atoms with Crippen LogP contribution in [0.2, 0.25) is 5.02 Å². The van der Waals surface area contributed by atoms with Crippen molar-refractivity contribution in [3.05, 3.63) is 57.5 Å². The Kier molecular flexibility index (Phi) is 4.18. The Balaban J connectivity index is 2.42. The van der Waals surface area contributed by atoms with Crippen molar-refractivity contribution in [3.8, 4) is 0 Å². The standard InChI is InChI=1S/C13H11BrClNO2S/c14-12-5-2-6-13(16)11(12)8-19(17,18)10-4-1-3-9(15)7-10/h1-7H,8,16H2. The minimum absolute atomic E-state index is 0.166. The fourth-order valence-corrected chi connectivity index (χ4v) is 4.08. The van der Waals surface area contributed by atoms with Crippen molar-refractivity contribution in [2.24, 2.45) is 0 Å². The molecule has 0 atom stereocenters. The number of anilines is 1. The molecule has 0 radical (unpaired) electrons. The summed E-state index contributed by atoms with van der Waals surface area (Å²) in [6, 6.07) is 11.4. The molecule has 2 rings (SSSR count). The maximum atomic E-state index is 12.3. The van der Waals surface area contributed by atoms with Gasteiger partial charge in [-0.2, -0.15) is 0 Å². The molecule has 0 aliphatic heterocycles. The van der Waals surface area contributed by atoms with Crippen molar-refractivity contribution in [1.29, 1.82) is 0 Å². The Hall–Kier alpha value is -1.04. The summed E-state index contributed by atoms with van der Waals surface area (Å²) in [5, 5.41) is 0.390. The Morgan fingerprint density at radius 3 is 2.47 bits per heavy atom. The monoisotopic (exact) mass is 359 g/mol.